The van der Waals surface area contributed by atoms with E-state index in [2.05, 4.69) is 101 Å². The Morgan fingerprint density at radius 3 is 2.43 bits per heavy atom. The van der Waals surface area contributed by atoms with Crippen LogP contribution in [0.3, 0.4) is 0 Å². The molecule has 1 N–H and O–H groups in total. The number of fused-ring (bicyclic) bond motifs is 9. The maximum Gasteiger partial charge on any atom is 0.156 e. The Kier molecular flexibility index (Phi) is 10.1. The van der Waals surface area contributed by atoms with Gasteiger partial charge in [0.1, 0.15) is 0 Å². The molecule has 2 heterocycles. The molecule has 6 fully saturated rings. The lowest BCUT2D eigenvalue weighted by Crippen LogP contribution is -2.68. The highest BCUT2D eigenvalue weighted by Gasteiger charge is 2.70. The number of nitrogens with one attached hydrogen (secondary N) is 1. The molecule has 0 aromatic heterocycles. The number of ether oxygens (including phenoxy) is 1. The predicted octanol–water partition coefficient (Wildman–Crippen LogP) is 10.3. The van der Waals surface area contributed by atoms with Crippen LogP contribution in [0.2, 0.25) is 0 Å². The van der Waals surface area contributed by atoms with E-state index < -0.39 is 9.84 Å². The van der Waals surface area contributed by atoms with Crippen molar-refractivity contribution in [1.82, 2.24) is 10.2 Å². The van der Waals surface area contributed by atoms with Gasteiger partial charge in [-0.2, -0.15) is 0 Å². The molecule has 2 aliphatic heterocycles. The van der Waals surface area contributed by atoms with E-state index in [1.54, 1.807) is 11.1 Å². The Bertz CT molecular complexity index is 1850. The van der Waals surface area contributed by atoms with Gasteiger partial charge in [0.15, 0.2) is 9.84 Å². The first kappa shape index (κ1) is 39.7. The van der Waals surface area contributed by atoms with E-state index in [1.165, 1.54) is 81.8 Å². The lowest BCUT2D eigenvalue weighted by atomic mass is 9.33. The van der Waals surface area contributed by atoms with E-state index in [0.29, 0.717) is 39.8 Å². The summed E-state index contributed by atoms with van der Waals surface area (Å²) in [6.07, 6.45) is 21.6. The molecule has 6 aliphatic carbocycles. The molecule has 5 nitrogen and oxygen atoms in total. The highest BCUT2D eigenvalue weighted by Crippen LogP contribution is 2.76. The van der Waals surface area contributed by atoms with Gasteiger partial charge in [0.25, 0.3) is 0 Å². The van der Waals surface area contributed by atoms with Gasteiger partial charge in [0.05, 0.1) is 24.2 Å². The Balaban J connectivity index is 0.902. The van der Waals surface area contributed by atoms with E-state index in [0.717, 1.165) is 63.4 Å². The quantitative estimate of drug-likeness (QED) is 0.240. The van der Waals surface area contributed by atoms with Gasteiger partial charge in [0.2, 0.25) is 0 Å². The maximum atomic E-state index is 12.4. The number of benzene rings is 1. The minimum atomic E-state index is -2.85. The molecule has 308 valence electrons. The van der Waals surface area contributed by atoms with Crippen LogP contribution in [-0.4, -0.2) is 62.1 Å². The molecule has 0 radical (unpaired) electrons. The van der Waals surface area contributed by atoms with Crippen LogP contribution in [0.25, 0.3) is 0 Å². The first-order valence-corrected chi connectivity index (χ1v) is 24.7. The molecule has 4 saturated carbocycles. The van der Waals surface area contributed by atoms with Crippen LogP contribution in [0.5, 0.6) is 0 Å². The van der Waals surface area contributed by atoms with Crippen molar-refractivity contribution < 1.29 is 13.2 Å². The number of hydrogen-bond acceptors (Lipinski definition) is 5. The van der Waals surface area contributed by atoms with Crippen LogP contribution < -0.4 is 5.32 Å². The molecule has 9 rings (SSSR count). The third-order valence-electron chi connectivity index (χ3n) is 19.3. The third-order valence-corrected chi connectivity index (χ3v) is 21.5. The number of sulfone groups is 1. The molecule has 6 heteroatoms. The number of hydrogen-bond donors (Lipinski definition) is 1. The number of allylic oxidation sites excluding steroid dienone is 5. The van der Waals surface area contributed by atoms with E-state index in [9.17, 15) is 8.42 Å². The molecule has 1 aromatic rings. The van der Waals surface area contributed by atoms with E-state index >= 15 is 0 Å². The highest BCUT2D eigenvalue weighted by atomic mass is 32.2. The number of likely N-dealkylation sites (tertiary alicyclic amines) is 1. The average Bonchev–Trinajstić information content (AvgIpc) is 3.83. The summed E-state index contributed by atoms with van der Waals surface area (Å²) < 4.78 is 31.1. The standard InChI is InChI=1S/C50H74N2O3S/c1-34(2)40-19-24-50(51-27-28-52-30-39-29-38(52)33-56(39,53)54)26-25-48(6)42(45(40)50)17-18-44-47(5)22-20-41(46(3,4)43(47)21-23-49(44,48)7)37-15-13-36(14-16-37)32-55-31-35-11-9-8-10-12-35/h8-12,15,20,36,38-40,42-45,51H,1,13-14,16-19,21-33H2,2-7H3/t36-,38?,39+,40+,42-,43+,44-,45-,47+,48-,49-,50+/m1/s1. The van der Waals surface area contributed by atoms with E-state index in [4.69, 9.17) is 4.74 Å². The SMILES string of the molecule is C=C(C)[C@@H]1CC[C@]2(NCCN3C[C@@H]4CC3CS4(=O)=O)CC[C@]3(C)[C@H](CC[C@@H]4[C@@]5(C)CC=C(C6=CC[C@@H](COCc7ccccc7)CC6)C(C)(C)[C@@H]5CC[C@]43C)[C@@H]12. The average molecular weight is 783 g/mol. The number of rotatable bonds is 10. The summed E-state index contributed by atoms with van der Waals surface area (Å²) in [5.41, 5.74) is 7.38. The Morgan fingerprint density at radius 2 is 1.73 bits per heavy atom. The fraction of sp³-hybridized carbons (Fsp3) is 0.760. The van der Waals surface area contributed by atoms with Crippen LogP contribution in [0.4, 0.5) is 0 Å². The zero-order valence-electron chi connectivity index (χ0n) is 35.9. The highest BCUT2D eigenvalue weighted by molar-refractivity contribution is 7.92. The van der Waals surface area contributed by atoms with Crippen molar-refractivity contribution in [3.63, 3.8) is 0 Å². The zero-order chi connectivity index (χ0) is 39.3. The van der Waals surface area contributed by atoms with Gasteiger partial charge >= 0.3 is 0 Å². The van der Waals surface area contributed by atoms with Crippen LogP contribution in [0.1, 0.15) is 131 Å². The van der Waals surface area contributed by atoms with Gasteiger partial charge < -0.3 is 10.1 Å². The summed E-state index contributed by atoms with van der Waals surface area (Å²) in [5, 5.41) is 4.17. The summed E-state index contributed by atoms with van der Waals surface area (Å²) in [6.45, 7) is 24.8. The zero-order valence-corrected chi connectivity index (χ0v) is 36.7. The van der Waals surface area contributed by atoms with Gasteiger partial charge in [-0.3, -0.25) is 4.90 Å². The van der Waals surface area contributed by atoms with Crippen molar-refractivity contribution in [2.24, 2.45) is 57.2 Å². The van der Waals surface area contributed by atoms with Crippen molar-refractivity contribution in [3.05, 3.63) is 71.3 Å². The summed E-state index contributed by atoms with van der Waals surface area (Å²) >= 11 is 0. The van der Waals surface area contributed by atoms with Crippen molar-refractivity contribution in [1.29, 1.82) is 0 Å². The topological polar surface area (TPSA) is 58.6 Å². The molecule has 2 bridgehead atoms. The first-order valence-electron chi connectivity index (χ1n) is 23.0. The van der Waals surface area contributed by atoms with Crippen LogP contribution >= 0.6 is 0 Å². The minimum absolute atomic E-state index is 0.119. The molecule has 8 aliphatic rings. The lowest BCUT2D eigenvalue weighted by molar-refractivity contribution is -0.221. The van der Waals surface area contributed by atoms with Crippen LogP contribution in [0, 0.1) is 57.2 Å². The Labute approximate surface area is 340 Å². The van der Waals surface area contributed by atoms with Crippen molar-refractivity contribution in [3.8, 4) is 0 Å². The lowest BCUT2D eigenvalue weighted by Gasteiger charge is -2.72. The fourth-order valence-electron chi connectivity index (χ4n) is 16.3. The van der Waals surface area contributed by atoms with Gasteiger partial charge in [-0.15, -0.1) is 0 Å². The molecule has 12 atom stereocenters. The predicted molar refractivity (Wildman–Crippen MR) is 230 cm³/mol. The molecule has 0 amide bonds. The second kappa shape index (κ2) is 14.2. The summed E-state index contributed by atoms with van der Waals surface area (Å²) in [6, 6.07) is 10.8. The summed E-state index contributed by atoms with van der Waals surface area (Å²) in [4.78, 5) is 2.49. The molecule has 1 unspecified atom stereocenters. The fourth-order valence-corrected chi connectivity index (χ4v) is 18.4. The van der Waals surface area contributed by atoms with Gasteiger partial charge in [-0.1, -0.05) is 89.3 Å². The second-order valence-electron chi connectivity index (χ2n) is 22.0. The molecule has 0 spiro atoms. The van der Waals surface area contributed by atoms with Crippen molar-refractivity contribution in [2.45, 2.75) is 148 Å². The van der Waals surface area contributed by atoms with Crippen LogP contribution in [0.15, 0.2) is 65.8 Å². The summed E-state index contributed by atoms with van der Waals surface area (Å²) in [5.74, 6) is 4.45. The monoisotopic (exact) mass is 783 g/mol. The smallest absolute Gasteiger partial charge is 0.156 e. The van der Waals surface area contributed by atoms with Crippen molar-refractivity contribution >= 4 is 9.84 Å². The normalized spacial score (nSPS) is 44.9. The molecule has 2 saturated heterocycles. The van der Waals surface area contributed by atoms with Gasteiger partial charge in [-0.25, -0.2) is 8.42 Å². The Hall–Kier alpha value is -1.73. The second-order valence-corrected chi connectivity index (χ2v) is 24.3. The van der Waals surface area contributed by atoms with Gasteiger partial charge in [0, 0.05) is 31.2 Å². The largest absolute Gasteiger partial charge is 0.376 e. The summed E-state index contributed by atoms with van der Waals surface area (Å²) in [7, 11) is -2.85. The minimum Gasteiger partial charge on any atom is -0.376 e. The Morgan fingerprint density at radius 1 is 0.929 bits per heavy atom. The third kappa shape index (κ3) is 6.17. The first-order chi connectivity index (χ1) is 26.6. The number of nitrogens with zero attached hydrogens (tertiary/aromatic N) is 1. The van der Waals surface area contributed by atoms with E-state index in [-0.39, 0.29) is 22.2 Å². The molecule has 56 heavy (non-hydrogen) atoms. The van der Waals surface area contributed by atoms with Crippen molar-refractivity contribution in [2.75, 3.05) is 32.0 Å². The van der Waals surface area contributed by atoms with Gasteiger partial charge in [-0.05, 0) is 164 Å². The maximum absolute atomic E-state index is 12.4. The van der Waals surface area contributed by atoms with E-state index in [1.807, 2.05) is 0 Å². The van der Waals surface area contributed by atoms with Crippen LogP contribution in [-0.2, 0) is 21.2 Å². The molecular weight excluding hydrogens is 709 g/mol. The molecule has 1 aromatic carbocycles. The molecular formula is C50H74N2O3S.